The average Bonchev–Trinajstić information content (AvgIpc) is 3.39. The predicted molar refractivity (Wildman–Crippen MR) is 90.7 cm³/mol. The van der Waals surface area contributed by atoms with E-state index in [0.717, 1.165) is 12.8 Å². The summed E-state index contributed by atoms with van der Waals surface area (Å²) in [5, 5.41) is 6.01. The molecule has 0 atom stereocenters. The molecular weight excluding hydrogens is 330 g/mol. The van der Waals surface area contributed by atoms with E-state index in [2.05, 4.69) is 15.6 Å². The number of amides is 2. The van der Waals surface area contributed by atoms with Gasteiger partial charge in [-0.15, -0.1) is 0 Å². The van der Waals surface area contributed by atoms with Crippen LogP contribution in [0.3, 0.4) is 0 Å². The lowest BCUT2D eigenvalue weighted by atomic mass is 10.2. The number of methoxy groups -OCH3 is 1. The molecule has 7 heteroatoms. The van der Waals surface area contributed by atoms with E-state index >= 15 is 0 Å². The van der Waals surface area contributed by atoms with Crippen LogP contribution < -0.4 is 15.4 Å². The zero-order chi connectivity index (χ0) is 17.1. The number of hydrogen-bond acceptors (Lipinski definition) is 4. The molecule has 1 aromatic carbocycles. The summed E-state index contributed by atoms with van der Waals surface area (Å²) >= 11 is 5.95. The molecule has 24 heavy (non-hydrogen) atoms. The summed E-state index contributed by atoms with van der Waals surface area (Å²) in [4.78, 5) is 28.6. The standard InChI is InChI=1S/C17H16ClN3O3/c1-24-15-8-5-10(18)9-14(15)21-17(23)13-4-2-3-12(20-13)16(22)19-11-6-7-11/h2-5,8-9,11H,6-7H2,1H3,(H,19,22)(H,21,23). The third-order valence-corrected chi connectivity index (χ3v) is 3.77. The molecule has 1 fully saturated rings. The van der Waals surface area contributed by atoms with Gasteiger partial charge in [0.15, 0.2) is 0 Å². The Kier molecular flexibility index (Phi) is 4.66. The van der Waals surface area contributed by atoms with Crippen LogP contribution in [0.5, 0.6) is 5.75 Å². The molecule has 0 spiro atoms. The van der Waals surface area contributed by atoms with E-state index in [9.17, 15) is 9.59 Å². The van der Waals surface area contributed by atoms with E-state index in [4.69, 9.17) is 16.3 Å². The van der Waals surface area contributed by atoms with Gasteiger partial charge in [-0.2, -0.15) is 0 Å². The largest absolute Gasteiger partial charge is 0.495 e. The molecule has 1 aliphatic carbocycles. The van der Waals surface area contributed by atoms with E-state index in [-0.39, 0.29) is 23.3 Å². The molecule has 6 nitrogen and oxygen atoms in total. The number of pyridine rings is 1. The van der Waals surface area contributed by atoms with Gasteiger partial charge < -0.3 is 15.4 Å². The van der Waals surface area contributed by atoms with Crippen molar-refractivity contribution in [3.63, 3.8) is 0 Å². The van der Waals surface area contributed by atoms with Gasteiger partial charge in [-0.3, -0.25) is 9.59 Å². The molecule has 0 bridgehead atoms. The Labute approximate surface area is 144 Å². The molecule has 1 aromatic heterocycles. The number of benzene rings is 1. The number of nitrogens with one attached hydrogen (secondary N) is 2. The highest BCUT2D eigenvalue weighted by Crippen LogP contribution is 2.28. The Morgan fingerprint density at radius 2 is 1.88 bits per heavy atom. The van der Waals surface area contributed by atoms with Crippen molar-refractivity contribution in [1.29, 1.82) is 0 Å². The molecule has 2 amide bonds. The second-order valence-corrected chi connectivity index (χ2v) is 5.89. The fourth-order valence-electron chi connectivity index (χ4n) is 2.14. The van der Waals surface area contributed by atoms with Gasteiger partial charge in [0.05, 0.1) is 12.8 Å². The highest BCUT2D eigenvalue weighted by atomic mass is 35.5. The van der Waals surface area contributed by atoms with Gasteiger partial charge in [-0.1, -0.05) is 17.7 Å². The van der Waals surface area contributed by atoms with E-state index in [1.165, 1.54) is 7.11 Å². The minimum Gasteiger partial charge on any atom is -0.495 e. The number of rotatable bonds is 5. The predicted octanol–water partition coefficient (Wildman–Crippen LogP) is 2.89. The Balaban J connectivity index is 1.77. The first-order valence-electron chi connectivity index (χ1n) is 7.49. The average molecular weight is 346 g/mol. The molecule has 124 valence electrons. The summed E-state index contributed by atoms with van der Waals surface area (Å²) < 4.78 is 5.19. The molecule has 0 saturated heterocycles. The molecule has 1 saturated carbocycles. The number of hydrogen-bond donors (Lipinski definition) is 2. The van der Waals surface area contributed by atoms with Gasteiger partial charge in [0.2, 0.25) is 0 Å². The van der Waals surface area contributed by atoms with Gasteiger partial charge in [0.25, 0.3) is 11.8 Å². The molecule has 0 aliphatic heterocycles. The van der Waals surface area contributed by atoms with Crippen LogP contribution in [0.4, 0.5) is 5.69 Å². The molecule has 1 aliphatic rings. The van der Waals surface area contributed by atoms with Crippen molar-refractivity contribution < 1.29 is 14.3 Å². The summed E-state index contributed by atoms with van der Waals surface area (Å²) in [6, 6.07) is 9.88. The van der Waals surface area contributed by atoms with Crippen LogP contribution >= 0.6 is 11.6 Å². The van der Waals surface area contributed by atoms with Gasteiger partial charge in [-0.25, -0.2) is 4.98 Å². The van der Waals surface area contributed by atoms with Crippen LogP contribution in [-0.4, -0.2) is 29.9 Å². The van der Waals surface area contributed by atoms with Crippen molar-refractivity contribution in [2.24, 2.45) is 0 Å². The van der Waals surface area contributed by atoms with Crippen LogP contribution in [0.2, 0.25) is 5.02 Å². The molecule has 0 unspecified atom stereocenters. The number of anilines is 1. The molecule has 2 aromatic rings. The van der Waals surface area contributed by atoms with Gasteiger partial charge in [-0.05, 0) is 43.2 Å². The third-order valence-electron chi connectivity index (χ3n) is 3.54. The number of halogens is 1. The normalized spacial score (nSPS) is 13.2. The van der Waals surface area contributed by atoms with Crippen molar-refractivity contribution in [2.75, 3.05) is 12.4 Å². The summed E-state index contributed by atoms with van der Waals surface area (Å²) in [6.45, 7) is 0. The zero-order valence-electron chi connectivity index (χ0n) is 13.0. The second-order valence-electron chi connectivity index (χ2n) is 5.45. The second kappa shape index (κ2) is 6.88. The van der Waals surface area contributed by atoms with Crippen LogP contribution in [0.15, 0.2) is 36.4 Å². The molecule has 1 heterocycles. The van der Waals surface area contributed by atoms with E-state index in [1.54, 1.807) is 36.4 Å². The van der Waals surface area contributed by atoms with Gasteiger partial charge >= 0.3 is 0 Å². The first-order chi connectivity index (χ1) is 11.6. The van der Waals surface area contributed by atoms with Gasteiger partial charge in [0.1, 0.15) is 17.1 Å². The van der Waals surface area contributed by atoms with E-state index < -0.39 is 5.91 Å². The van der Waals surface area contributed by atoms with Crippen molar-refractivity contribution >= 4 is 29.1 Å². The van der Waals surface area contributed by atoms with Gasteiger partial charge in [0, 0.05) is 11.1 Å². The quantitative estimate of drug-likeness (QED) is 0.873. The fourth-order valence-corrected chi connectivity index (χ4v) is 2.31. The van der Waals surface area contributed by atoms with Crippen molar-refractivity contribution in [2.45, 2.75) is 18.9 Å². The maximum Gasteiger partial charge on any atom is 0.274 e. The Morgan fingerprint density at radius 1 is 1.17 bits per heavy atom. The SMILES string of the molecule is COc1ccc(Cl)cc1NC(=O)c1cccc(C(=O)NC2CC2)n1. The number of aromatic nitrogens is 1. The van der Waals surface area contributed by atoms with Crippen molar-refractivity contribution in [3.05, 3.63) is 52.8 Å². The smallest absolute Gasteiger partial charge is 0.274 e. The minimum atomic E-state index is -0.448. The van der Waals surface area contributed by atoms with Crippen molar-refractivity contribution in [3.8, 4) is 5.75 Å². The summed E-state index contributed by atoms with van der Waals surface area (Å²) in [5.41, 5.74) is 0.790. The molecule has 0 radical (unpaired) electrons. The summed E-state index contributed by atoms with van der Waals surface area (Å²) in [6.07, 6.45) is 1.97. The summed E-state index contributed by atoms with van der Waals surface area (Å²) in [7, 11) is 1.50. The molecular formula is C17H16ClN3O3. The minimum absolute atomic E-state index is 0.139. The topological polar surface area (TPSA) is 80.3 Å². The monoisotopic (exact) mass is 345 g/mol. The first kappa shape index (κ1) is 16.3. The lowest BCUT2D eigenvalue weighted by molar-refractivity contribution is 0.0946. The maximum atomic E-state index is 12.4. The lowest BCUT2D eigenvalue weighted by Crippen LogP contribution is -2.27. The zero-order valence-corrected chi connectivity index (χ0v) is 13.8. The number of carbonyl (C=O) groups is 2. The Hall–Kier alpha value is -2.60. The fraction of sp³-hybridized carbons (Fsp3) is 0.235. The number of carbonyl (C=O) groups excluding carboxylic acids is 2. The molecule has 2 N–H and O–H groups in total. The third kappa shape index (κ3) is 3.83. The highest BCUT2D eigenvalue weighted by molar-refractivity contribution is 6.31. The summed E-state index contributed by atoms with van der Waals surface area (Å²) in [5.74, 6) is -0.237. The van der Waals surface area contributed by atoms with E-state index in [0.29, 0.717) is 16.5 Å². The molecule has 3 rings (SSSR count). The maximum absolute atomic E-state index is 12.4. The lowest BCUT2D eigenvalue weighted by Gasteiger charge is -2.10. The number of nitrogens with zero attached hydrogens (tertiary/aromatic N) is 1. The first-order valence-corrected chi connectivity index (χ1v) is 7.87. The van der Waals surface area contributed by atoms with Crippen LogP contribution in [0.25, 0.3) is 0 Å². The highest BCUT2D eigenvalue weighted by Gasteiger charge is 2.24. The number of ether oxygens (including phenoxy) is 1. The Morgan fingerprint density at radius 3 is 2.54 bits per heavy atom. The van der Waals surface area contributed by atoms with Crippen LogP contribution in [0.1, 0.15) is 33.8 Å². The van der Waals surface area contributed by atoms with E-state index in [1.807, 2.05) is 0 Å². The Bertz CT molecular complexity index is 790. The van der Waals surface area contributed by atoms with Crippen molar-refractivity contribution in [1.82, 2.24) is 10.3 Å². The van der Waals surface area contributed by atoms with Crippen LogP contribution in [0, 0.1) is 0 Å². The van der Waals surface area contributed by atoms with Crippen LogP contribution in [-0.2, 0) is 0 Å².